The van der Waals surface area contributed by atoms with Gasteiger partial charge in [-0.15, -0.1) is 0 Å². The fraction of sp³-hybridized carbons (Fsp3) is 0.478. The van der Waals surface area contributed by atoms with Crippen molar-refractivity contribution in [2.24, 2.45) is 5.92 Å². The molecule has 0 aliphatic carbocycles. The summed E-state index contributed by atoms with van der Waals surface area (Å²) in [6.07, 6.45) is 2.40. The Hall–Kier alpha value is -1.90. The van der Waals surface area contributed by atoms with Crippen LogP contribution in [0.15, 0.2) is 52.5 Å². The van der Waals surface area contributed by atoms with Gasteiger partial charge >= 0.3 is 0 Å². The molecule has 0 bridgehead atoms. The quantitative estimate of drug-likeness (QED) is 0.503. The van der Waals surface area contributed by atoms with E-state index in [4.69, 9.17) is 0 Å². The summed E-state index contributed by atoms with van der Waals surface area (Å²) in [5.41, 5.74) is 2.36. The molecule has 1 atom stereocenters. The molecule has 2 aromatic rings. The van der Waals surface area contributed by atoms with Crippen LogP contribution in [-0.2, 0) is 21.2 Å². The molecule has 0 saturated heterocycles. The number of carbonyl (C=O) groups excluding carboxylic acids is 1. The van der Waals surface area contributed by atoms with Crippen LogP contribution in [0.25, 0.3) is 0 Å². The lowest BCUT2D eigenvalue weighted by Gasteiger charge is -2.18. The molecule has 1 heterocycles. The lowest BCUT2D eigenvalue weighted by molar-refractivity contribution is -0.119. The smallest absolute Gasteiger partial charge is 0.244 e. The van der Waals surface area contributed by atoms with Gasteiger partial charge in [0.25, 0.3) is 0 Å². The molecule has 1 amide bonds. The van der Waals surface area contributed by atoms with Gasteiger partial charge in [-0.25, -0.2) is 13.4 Å². The molecule has 1 aromatic carbocycles. The highest BCUT2D eigenvalue weighted by molar-refractivity contribution is 7.99. The van der Waals surface area contributed by atoms with Gasteiger partial charge in [-0.2, -0.15) is 4.31 Å². The molecular weight excluding hydrogens is 430 g/mol. The van der Waals surface area contributed by atoms with Gasteiger partial charge in [0, 0.05) is 19.3 Å². The number of nitrogens with zero attached hydrogens (tertiary/aromatic N) is 2. The van der Waals surface area contributed by atoms with Crippen molar-refractivity contribution in [1.29, 1.82) is 0 Å². The summed E-state index contributed by atoms with van der Waals surface area (Å²) in [7, 11) is -3.52. The number of thioether (sulfide) groups is 1. The summed E-state index contributed by atoms with van der Waals surface area (Å²) in [6.45, 7) is 10.8. The van der Waals surface area contributed by atoms with Crippen molar-refractivity contribution in [1.82, 2.24) is 14.6 Å². The second-order valence-corrected chi connectivity index (χ2v) is 10.8. The van der Waals surface area contributed by atoms with E-state index in [9.17, 15) is 13.2 Å². The first-order chi connectivity index (χ1) is 14.7. The molecule has 0 spiro atoms. The van der Waals surface area contributed by atoms with E-state index in [1.54, 1.807) is 26.0 Å². The van der Waals surface area contributed by atoms with Crippen molar-refractivity contribution in [3.8, 4) is 0 Å². The van der Waals surface area contributed by atoms with Crippen LogP contribution in [0.3, 0.4) is 0 Å². The van der Waals surface area contributed by atoms with Crippen LogP contribution in [0.4, 0.5) is 0 Å². The maximum atomic E-state index is 12.5. The maximum Gasteiger partial charge on any atom is 0.244 e. The normalized spacial score (nSPS) is 12.9. The number of benzene rings is 1. The number of carbonyl (C=O) groups is 1. The Bertz CT molecular complexity index is 939. The second kappa shape index (κ2) is 11.6. The van der Waals surface area contributed by atoms with Gasteiger partial charge in [-0.05, 0) is 42.5 Å². The summed E-state index contributed by atoms with van der Waals surface area (Å²) < 4.78 is 26.4. The number of hydrogen-bond donors (Lipinski definition) is 1. The number of hydrogen-bond acceptors (Lipinski definition) is 5. The van der Waals surface area contributed by atoms with Crippen molar-refractivity contribution >= 4 is 27.7 Å². The summed E-state index contributed by atoms with van der Waals surface area (Å²) >= 11 is 1.28. The predicted molar refractivity (Wildman–Crippen MR) is 127 cm³/mol. The van der Waals surface area contributed by atoms with Crippen molar-refractivity contribution in [3.05, 3.63) is 53.7 Å². The van der Waals surface area contributed by atoms with E-state index in [-0.39, 0.29) is 22.6 Å². The van der Waals surface area contributed by atoms with E-state index in [0.717, 1.165) is 12.0 Å². The Balaban J connectivity index is 1.89. The van der Waals surface area contributed by atoms with Gasteiger partial charge < -0.3 is 5.32 Å². The third-order valence-corrected chi connectivity index (χ3v) is 7.88. The molecule has 0 saturated carbocycles. The van der Waals surface area contributed by atoms with Crippen LogP contribution in [-0.4, -0.2) is 42.5 Å². The first-order valence-corrected chi connectivity index (χ1v) is 13.1. The van der Waals surface area contributed by atoms with Crippen LogP contribution >= 0.6 is 11.8 Å². The Morgan fingerprint density at radius 2 is 1.71 bits per heavy atom. The highest BCUT2D eigenvalue weighted by Gasteiger charge is 2.21. The number of aromatic nitrogens is 1. The van der Waals surface area contributed by atoms with Gasteiger partial charge in [0.15, 0.2) is 0 Å². The molecule has 8 heteroatoms. The largest absolute Gasteiger partial charge is 0.349 e. The average Bonchev–Trinajstić information content (AvgIpc) is 2.73. The topological polar surface area (TPSA) is 79.4 Å². The molecule has 0 aliphatic heterocycles. The molecule has 0 fully saturated rings. The van der Waals surface area contributed by atoms with E-state index < -0.39 is 10.0 Å². The zero-order valence-electron chi connectivity index (χ0n) is 19.0. The highest BCUT2D eigenvalue weighted by Crippen LogP contribution is 2.20. The van der Waals surface area contributed by atoms with Crippen LogP contribution in [0.1, 0.15) is 51.8 Å². The van der Waals surface area contributed by atoms with Crippen molar-refractivity contribution in [2.45, 2.75) is 57.0 Å². The average molecular weight is 464 g/mol. The number of rotatable bonds is 11. The van der Waals surface area contributed by atoms with Gasteiger partial charge in [0.05, 0.1) is 16.8 Å². The standard InChI is InChI=1S/C23H33N3O3S2/c1-6-26(7-2)31(28,29)21-12-13-23(24-15-21)30-16-22(27)25-18(5)20-10-8-19(9-11-20)14-17(3)4/h8-13,15,17-18H,6-7,14,16H2,1-5H3,(H,25,27). The summed E-state index contributed by atoms with van der Waals surface area (Å²) in [5.74, 6) is 0.732. The molecule has 1 aromatic heterocycles. The summed E-state index contributed by atoms with van der Waals surface area (Å²) in [5, 5.41) is 3.61. The van der Waals surface area contributed by atoms with Crippen molar-refractivity contribution in [3.63, 3.8) is 0 Å². The fourth-order valence-corrected chi connectivity index (χ4v) is 5.29. The van der Waals surface area contributed by atoms with Crippen LogP contribution in [0.5, 0.6) is 0 Å². The van der Waals surface area contributed by atoms with Crippen molar-refractivity contribution in [2.75, 3.05) is 18.8 Å². The Kier molecular flexibility index (Phi) is 9.53. The van der Waals surface area contributed by atoms with Crippen LogP contribution < -0.4 is 5.32 Å². The van der Waals surface area contributed by atoms with E-state index in [0.29, 0.717) is 24.0 Å². The molecule has 0 radical (unpaired) electrons. The summed E-state index contributed by atoms with van der Waals surface area (Å²) in [4.78, 5) is 16.7. The predicted octanol–water partition coefficient (Wildman–Crippen LogP) is 4.28. The highest BCUT2D eigenvalue weighted by atomic mass is 32.2. The molecule has 0 aliphatic rings. The van der Waals surface area contributed by atoms with E-state index in [2.05, 4.69) is 48.4 Å². The lowest BCUT2D eigenvalue weighted by Crippen LogP contribution is -2.30. The minimum atomic E-state index is -3.52. The Morgan fingerprint density at radius 1 is 1.06 bits per heavy atom. The molecule has 1 unspecified atom stereocenters. The minimum absolute atomic E-state index is 0.0873. The molecule has 6 nitrogen and oxygen atoms in total. The molecule has 170 valence electrons. The number of pyridine rings is 1. The first kappa shape index (κ1) is 25.4. The maximum absolute atomic E-state index is 12.5. The van der Waals surface area contributed by atoms with Crippen LogP contribution in [0, 0.1) is 5.92 Å². The monoisotopic (exact) mass is 463 g/mol. The Morgan fingerprint density at radius 3 is 2.23 bits per heavy atom. The number of sulfonamides is 1. The van der Waals surface area contributed by atoms with E-state index in [1.165, 1.54) is 27.8 Å². The van der Waals surface area contributed by atoms with Gasteiger partial charge in [-0.3, -0.25) is 4.79 Å². The van der Waals surface area contributed by atoms with E-state index >= 15 is 0 Å². The SMILES string of the molecule is CCN(CC)S(=O)(=O)c1ccc(SCC(=O)NC(C)c2ccc(CC(C)C)cc2)nc1. The minimum Gasteiger partial charge on any atom is -0.349 e. The molecule has 31 heavy (non-hydrogen) atoms. The third-order valence-electron chi connectivity index (χ3n) is 4.90. The Labute approximate surface area is 190 Å². The van der Waals surface area contributed by atoms with Gasteiger partial charge in [0.1, 0.15) is 4.90 Å². The molecular formula is C23H33N3O3S2. The fourth-order valence-electron chi connectivity index (χ4n) is 3.24. The number of nitrogens with one attached hydrogen (secondary N) is 1. The summed E-state index contributed by atoms with van der Waals surface area (Å²) in [6, 6.07) is 11.5. The molecule has 1 N–H and O–H groups in total. The zero-order chi connectivity index (χ0) is 23.0. The first-order valence-electron chi connectivity index (χ1n) is 10.6. The van der Waals surface area contributed by atoms with Gasteiger partial charge in [0.2, 0.25) is 15.9 Å². The van der Waals surface area contributed by atoms with Gasteiger partial charge in [-0.1, -0.05) is 63.7 Å². The van der Waals surface area contributed by atoms with E-state index in [1.807, 2.05) is 6.92 Å². The molecule has 2 rings (SSSR count). The second-order valence-electron chi connectivity index (χ2n) is 7.84. The number of amides is 1. The third kappa shape index (κ3) is 7.33. The lowest BCUT2D eigenvalue weighted by atomic mass is 10.00. The van der Waals surface area contributed by atoms with Crippen molar-refractivity contribution < 1.29 is 13.2 Å². The van der Waals surface area contributed by atoms with Crippen LogP contribution in [0.2, 0.25) is 0 Å². The zero-order valence-corrected chi connectivity index (χ0v) is 20.6.